The third kappa shape index (κ3) is 3.57. The van der Waals surface area contributed by atoms with Gasteiger partial charge in [0, 0.05) is 25.5 Å². The van der Waals surface area contributed by atoms with Crippen LogP contribution < -0.4 is 5.32 Å². The van der Waals surface area contributed by atoms with Gasteiger partial charge in [-0.05, 0) is 23.1 Å². The molecule has 0 radical (unpaired) electrons. The van der Waals surface area contributed by atoms with Gasteiger partial charge in [-0.15, -0.1) is 0 Å². The zero-order valence-electron chi connectivity index (χ0n) is 12.0. The molecule has 0 bridgehead atoms. The van der Waals surface area contributed by atoms with Crippen molar-refractivity contribution >= 4 is 17.9 Å². The Morgan fingerprint density at radius 1 is 1.30 bits per heavy atom. The number of aromatic nitrogens is 2. The molecule has 0 aliphatic heterocycles. The summed E-state index contributed by atoms with van der Waals surface area (Å²) in [5.74, 6) is 0.863. The zero-order valence-corrected chi connectivity index (χ0v) is 12.0. The van der Waals surface area contributed by atoms with Gasteiger partial charge in [-0.3, -0.25) is 10.1 Å². The average Bonchev–Trinajstić information content (AvgIpc) is 2.82. The molecule has 104 valence electrons. The van der Waals surface area contributed by atoms with Crippen molar-refractivity contribution in [3.63, 3.8) is 0 Å². The highest BCUT2D eigenvalue weighted by molar-refractivity contribution is 6.00. The average molecular weight is 269 g/mol. The third-order valence-corrected chi connectivity index (χ3v) is 3.09. The first-order valence-corrected chi connectivity index (χ1v) is 6.62. The number of rotatable bonds is 4. The van der Waals surface area contributed by atoms with E-state index in [0.717, 1.165) is 5.56 Å². The Kier molecular flexibility index (Phi) is 4.35. The van der Waals surface area contributed by atoms with Crippen LogP contribution in [-0.2, 0) is 11.8 Å². The van der Waals surface area contributed by atoms with Crippen LogP contribution in [-0.4, -0.2) is 15.5 Å². The number of amides is 1. The van der Waals surface area contributed by atoms with Gasteiger partial charge < -0.3 is 4.57 Å². The van der Waals surface area contributed by atoms with E-state index in [1.165, 1.54) is 11.6 Å². The first-order chi connectivity index (χ1) is 9.56. The molecule has 1 N–H and O–H groups in total. The fourth-order valence-electron chi connectivity index (χ4n) is 1.80. The Morgan fingerprint density at radius 2 is 2.00 bits per heavy atom. The number of carbonyl (C=O) groups excluding carboxylic acids is 1. The van der Waals surface area contributed by atoms with Gasteiger partial charge in [-0.2, -0.15) is 0 Å². The second kappa shape index (κ2) is 6.19. The summed E-state index contributed by atoms with van der Waals surface area (Å²) in [6.07, 6.45) is 6.73. The van der Waals surface area contributed by atoms with E-state index in [-0.39, 0.29) is 5.91 Å². The Hall–Kier alpha value is -2.36. The van der Waals surface area contributed by atoms with Crippen LogP contribution in [0.3, 0.4) is 0 Å². The van der Waals surface area contributed by atoms with Crippen LogP contribution >= 0.6 is 0 Å². The van der Waals surface area contributed by atoms with Gasteiger partial charge in [-0.1, -0.05) is 38.1 Å². The highest BCUT2D eigenvalue weighted by Crippen LogP contribution is 2.15. The highest BCUT2D eigenvalue weighted by Gasteiger charge is 2.02. The summed E-state index contributed by atoms with van der Waals surface area (Å²) in [5, 5.41) is 2.72. The fraction of sp³-hybridized carbons (Fsp3) is 0.250. The number of nitrogens with zero attached hydrogens (tertiary/aromatic N) is 2. The van der Waals surface area contributed by atoms with Crippen LogP contribution in [0, 0.1) is 0 Å². The Labute approximate surface area is 119 Å². The summed E-state index contributed by atoms with van der Waals surface area (Å²) >= 11 is 0. The standard InChI is InChI=1S/C16H19N3O/c1-12(2)14-7-4-13(5-8-14)6-9-15(20)18-16-17-10-11-19(16)3/h4-12H,1-3H3,(H,17,18,20). The maximum atomic E-state index is 11.8. The molecule has 0 saturated carbocycles. The second-order valence-electron chi connectivity index (χ2n) is 5.01. The molecule has 0 spiro atoms. The van der Waals surface area contributed by atoms with Crippen LogP contribution in [0.1, 0.15) is 30.9 Å². The fourth-order valence-corrected chi connectivity index (χ4v) is 1.80. The smallest absolute Gasteiger partial charge is 0.250 e. The lowest BCUT2D eigenvalue weighted by Crippen LogP contribution is -2.11. The second-order valence-corrected chi connectivity index (χ2v) is 5.01. The van der Waals surface area contributed by atoms with Crippen LogP contribution in [0.15, 0.2) is 42.7 Å². The summed E-state index contributed by atoms with van der Waals surface area (Å²) in [5.41, 5.74) is 2.30. The van der Waals surface area contributed by atoms with Crippen molar-refractivity contribution < 1.29 is 4.79 Å². The quantitative estimate of drug-likeness (QED) is 0.866. The van der Waals surface area contributed by atoms with E-state index in [9.17, 15) is 4.79 Å². The largest absolute Gasteiger partial charge is 0.320 e. The molecule has 0 saturated heterocycles. The molecule has 0 fully saturated rings. The first-order valence-electron chi connectivity index (χ1n) is 6.62. The minimum Gasteiger partial charge on any atom is -0.320 e. The lowest BCUT2D eigenvalue weighted by molar-refractivity contribution is -0.111. The van der Waals surface area contributed by atoms with Gasteiger partial charge in [0.1, 0.15) is 0 Å². The SMILES string of the molecule is CC(C)c1ccc(C=CC(=O)Nc2nccn2C)cc1. The molecular weight excluding hydrogens is 250 g/mol. The number of nitrogens with one attached hydrogen (secondary N) is 1. The number of hydrogen-bond donors (Lipinski definition) is 1. The van der Waals surface area contributed by atoms with Crippen molar-refractivity contribution in [1.82, 2.24) is 9.55 Å². The number of hydrogen-bond acceptors (Lipinski definition) is 2. The molecule has 2 rings (SSSR count). The van der Waals surface area contributed by atoms with Crippen LogP contribution in [0.4, 0.5) is 5.95 Å². The number of anilines is 1. The normalized spacial score (nSPS) is 11.2. The maximum Gasteiger partial charge on any atom is 0.250 e. The molecule has 0 atom stereocenters. The topological polar surface area (TPSA) is 46.9 Å². The van der Waals surface area contributed by atoms with E-state index < -0.39 is 0 Å². The Bertz CT molecular complexity index is 609. The van der Waals surface area contributed by atoms with Crippen molar-refractivity contribution in [1.29, 1.82) is 0 Å². The van der Waals surface area contributed by atoms with E-state index in [2.05, 4.69) is 36.3 Å². The van der Waals surface area contributed by atoms with Crippen LogP contribution in [0.2, 0.25) is 0 Å². The maximum absolute atomic E-state index is 11.8. The zero-order chi connectivity index (χ0) is 14.5. The molecule has 4 nitrogen and oxygen atoms in total. The van der Waals surface area contributed by atoms with Gasteiger partial charge in [0.25, 0.3) is 5.91 Å². The van der Waals surface area contributed by atoms with E-state index in [1.54, 1.807) is 23.0 Å². The van der Waals surface area contributed by atoms with Crippen molar-refractivity contribution in [2.75, 3.05) is 5.32 Å². The van der Waals surface area contributed by atoms with Crippen molar-refractivity contribution in [3.8, 4) is 0 Å². The minimum absolute atomic E-state index is 0.188. The molecule has 2 aromatic rings. The van der Waals surface area contributed by atoms with E-state index in [4.69, 9.17) is 0 Å². The minimum atomic E-state index is -0.188. The third-order valence-electron chi connectivity index (χ3n) is 3.09. The molecule has 4 heteroatoms. The van der Waals surface area contributed by atoms with Gasteiger partial charge in [-0.25, -0.2) is 4.98 Å². The van der Waals surface area contributed by atoms with Gasteiger partial charge in [0.05, 0.1) is 0 Å². The van der Waals surface area contributed by atoms with Crippen LogP contribution in [0.5, 0.6) is 0 Å². The number of imidazole rings is 1. The molecule has 1 heterocycles. The first kappa shape index (κ1) is 14.1. The number of benzene rings is 1. The van der Waals surface area contributed by atoms with Gasteiger partial charge >= 0.3 is 0 Å². The van der Waals surface area contributed by atoms with Crippen molar-refractivity contribution in [3.05, 3.63) is 53.9 Å². The molecule has 20 heavy (non-hydrogen) atoms. The molecule has 1 aromatic heterocycles. The predicted octanol–water partition coefficient (Wildman–Crippen LogP) is 3.20. The molecular formula is C16H19N3O. The Balaban J connectivity index is 1.98. The predicted molar refractivity (Wildman–Crippen MR) is 81.4 cm³/mol. The van der Waals surface area contributed by atoms with E-state index in [1.807, 2.05) is 19.2 Å². The molecule has 0 aliphatic rings. The lowest BCUT2D eigenvalue weighted by atomic mass is 10.0. The number of carbonyl (C=O) groups is 1. The molecule has 1 aromatic carbocycles. The lowest BCUT2D eigenvalue weighted by Gasteiger charge is -2.04. The van der Waals surface area contributed by atoms with Crippen LogP contribution in [0.25, 0.3) is 6.08 Å². The van der Waals surface area contributed by atoms with Crippen molar-refractivity contribution in [2.45, 2.75) is 19.8 Å². The Morgan fingerprint density at radius 3 is 2.55 bits per heavy atom. The van der Waals surface area contributed by atoms with Crippen molar-refractivity contribution in [2.24, 2.45) is 7.05 Å². The molecule has 1 amide bonds. The summed E-state index contributed by atoms with van der Waals surface area (Å²) < 4.78 is 1.75. The summed E-state index contributed by atoms with van der Waals surface area (Å²) in [4.78, 5) is 15.8. The van der Waals surface area contributed by atoms with E-state index in [0.29, 0.717) is 11.9 Å². The molecule has 0 aliphatic carbocycles. The molecule has 0 unspecified atom stereocenters. The summed E-state index contributed by atoms with van der Waals surface area (Å²) in [6, 6.07) is 8.20. The number of aryl methyl sites for hydroxylation is 1. The summed E-state index contributed by atoms with van der Waals surface area (Å²) in [7, 11) is 1.83. The summed E-state index contributed by atoms with van der Waals surface area (Å²) in [6.45, 7) is 4.32. The highest BCUT2D eigenvalue weighted by atomic mass is 16.1. The van der Waals surface area contributed by atoms with Gasteiger partial charge in [0.15, 0.2) is 0 Å². The van der Waals surface area contributed by atoms with Gasteiger partial charge in [0.2, 0.25) is 5.95 Å². The monoisotopic (exact) mass is 269 g/mol. The van der Waals surface area contributed by atoms with E-state index >= 15 is 0 Å².